The Balaban J connectivity index is 4.61. The van der Waals surface area contributed by atoms with Crippen LogP contribution in [0.5, 0.6) is 0 Å². The molecule has 0 unspecified atom stereocenters. The minimum absolute atomic E-state index is 0.134. The summed E-state index contributed by atoms with van der Waals surface area (Å²) in [4.78, 5) is 30.5. The van der Waals surface area contributed by atoms with E-state index in [-0.39, 0.29) is 11.9 Å². The first-order valence-electron chi connectivity index (χ1n) is 3.47. The molecule has 0 saturated heterocycles. The molecule has 0 saturated carbocycles. The number of carboxylic acid groups (broad SMARTS) is 2. The Morgan fingerprint density at radius 2 is 1.64 bits per heavy atom. The first kappa shape index (κ1) is 11.9. The van der Waals surface area contributed by atoms with Crippen molar-refractivity contribution >= 4 is 18.2 Å². The van der Waals surface area contributed by atoms with Crippen molar-refractivity contribution in [3.05, 3.63) is 23.5 Å². The SMILES string of the molecule is O=CC(=CC=C(O)C(=O)O)CC(=O)O. The van der Waals surface area contributed by atoms with Crippen LogP contribution in [-0.2, 0) is 14.4 Å². The van der Waals surface area contributed by atoms with E-state index in [1.165, 1.54) is 0 Å². The molecular formula is C8H8O6. The summed E-state index contributed by atoms with van der Waals surface area (Å²) in [5.74, 6) is -3.73. The first-order chi connectivity index (χ1) is 6.47. The lowest BCUT2D eigenvalue weighted by molar-refractivity contribution is -0.137. The average molecular weight is 200 g/mol. The van der Waals surface area contributed by atoms with Gasteiger partial charge in [-0.3, -0.25) is 9.59 Å². The van der Waals surface area contributed by atoms with Crippen LogP contribution < -0.4 is 0 Å². The number of allylic oxidation sites excluding steroid dienone is 2. The lowest BCUT2D eigenvalue weighted by atomic mass is 10.2. The van der Waals surface area contributed by atoms with Gasteiger partial charge in [0.2, 0.25) is 5.76 Å². The molecule has 0 heterocycles. The van der Waals surface area contributed by atoms with Crippen LogP contribution in [0.25, 0.3) is 0 Å². The van der Waals surface area contributed by atoms with Crippen molar-refractivity contribution in [2.75, 3.05) is 0 Å². The zero-order valence-electron chi connectivity index (χ0n) is 7.01. The van der Waals surface area contributed by atoms with Crippen molar-refractivity contribution in [3.63, 3.8) is 0 Å². The summed E-state index contributed by atoms with van der Waals surface area (Å²) in [6.07, 6.45) is 1.44. The van der Waals surface area contributed by atoms with Crippen LogP contribution in [-0.4, -0.2) is 33.5 Å². The van der Waals surface area contributed by atoms with Crippen LogP contribution in [0, 0.1) is 0 Å². The number of hydrogen-bond donors (Lipinski definition) is 3. The van der Waals surface area contributed by atoms with E-state index in [0.717, 1.165) is 12.2 Å². The fraction of sp³-hybridized carbons (Fsp3) is 0.125. The van der Waals surface area contributed by atoms with E-state index < -0.39 is 24.1 Å². The predicted octanol–water partition coefficient (Wildman–Crippen LogP) is 0.113. The normalized spacial score (nSPS) is 12.3. The fourth-order valence-electron chi connectivity index (χ4n) is 0.572. The molecule has 0 amide bonds. The largest absolute Gasteiger partial charge is 0.502 e. The van der Waals surface area contributed by atoms with Crippen molar-refractivity contribution in [1.82, 2.24) is 0 Å². The molecule has 0 bridgehead atoms. The third-order valence-corrected chi connectivity index (χ3v) is 1.18. The molecule has 0 radical (unpaired) electrons. The van der Waals surface area contributed by atoms with Gasteiger partial charge in [-0.05, 0) is 6.08 Å². The molecule has 0 aromatic heterocycles. The Bertz CT molecular complexity index is 312. The number of aliphatic carboxylic acids is 2. The lowest BCUT2D eigenvalue weighted by Gasteiger charge is -1.92. The Kier molecular flexibility index (Phi) is 4.69. The summed E-state index contributed by atoms with van der Waals surface area (Å²) in [7, 11) is 0. The highest BCUT2D eigenvalue weighted by Crippen LogP contribution is 1.99. The molecule has 0 aliphatic carbocycles. The van der Waals surface area contributed by atoms with E-state index in [1.807, 2.05) is 0 Å². The number of aliphatic hydroxyl groups is 1. The maximum Gasteiger partial charge on any atom is 0.370 e. The van der Waals surface area contributed by atoms with E-state index in [4.69, 9.17) is 15.3 Å². The van der Waals surface area contributed by atoms with Crippen LogP contribution >= 0.6 is 0 Å². The molecular weight excluding hydrogens is 192 g/mol. The summed E-state index contributed by atoms with van der Waals surface area (Å²) >= 11 is 0. The molecule has 0 atom stereocenters. The number of carbonyl (C=O) groups is 3. The Labute approximate surface area is 78.8 Å². The third-order valence-electron chi connectivity index (χ3n) is 1.18. The van der Waals surface area contributed by atoms with Crippen LogP contribution in [0.2, 0.25) is 0 Å². The molecule has 0 fully saturated rings. The van der Waals surface area contributed by atoms with Gasteiger partial charge in [-0.1, -0.05) is 6.08 Å². The number of rotatable bonds is 5. The minimum Gasteiger partial charge on any atom is -0.502 e. The van der Waals surface area contributed by atoms with Gasteiger partial charge in [-0.2, -0.15) is 0 Å². The highest BCUT2D eigenvalue weighted by Gasteiger charge is 2.04. The second-order valence-corrected chi connectivity index (χ2v) is 2.29. The number of hydrogen-bond acceptors (Lipinski definition) is 4. The molecule has 76 valence electrons. The molecule has 0 aromatic rings. The van der Waals surface area contributed by atoms with Crippen LogP contribution in [0.4, 0.5) is 0 Å². The van der Waals surface area contributed by atoms with E-state index in [0.29, 0.717) is 0 Å². The topological polar surface area (TPSA) is 112 Å². The van der Waals surface area contributed by atoms with Gasteiger partial charge in [0.15, 0.2) is 0 Å². The summed E-state index contributed by atoms with van der Waals surface area (Å²) < 4.78 is 0. The van der Waals surface area contributed by atoms with E-state index in [1.54, 1.807) is 0 Å². The zero-order valence-corrected chi connectivity index (χ0v) is 7.01. The molecule has 0 rings (SSSR count). The van der Waals surface area contributed by atoms with Gasteiger partial charge in [0.25, 0.3) is 0 Å². The zero-order chi connectivity index (χ0) is 11.1. The van der Waals surface area contributed by atoms with Crippen molar-refractivity contribution in [3.8, 4) is 0 Å². The molecule has 0 aliphatic rings. The average Bonchev–Trinajstić information content (AvgIpc) is 2.10. The first-order valence-corrected chi connectivity index (χ1v) is 3.47. The molecule has 3 N–H and O–H groups in total. The van der Waals surface area contributed by atoms with Crippen molar-refractivity contribution in [2.24, 2.45) is 0 Å². The van der Waals surface area contributed by atoms with Gasteiger partial charge < -0.3 is 15.3 Å². The van der Waals surface area contributed by atoms with Gasteiger partial charge in [-0.15, -0.1) is 0 Å². The molecule has 0 spiro atoms. The van der Waals surface area contributed by atoms with Gasteiger partial charge in [0.1, 0.15) is 6.29 Å². The summed E-state index contributed by atoms with van der Waals surface area (Å²) in [5.41, 5.74) is -0.134. The summed E-state index contributed by atoms with van der Waals surface area (Å²) in [6.45, 7) is 0. The van der Waals surface area contributed by atoms with Crippen molar-refractivity contribution in [2.45, 2.75) is 6.42 Å². The third kappa shape index (κ3) is 4.70. The molecule has 6 heteroatoms. The molecule has 0 aromatic carbocycles. The van der Waals surface area contributed by atoms with Gasteiger partial charge in [0, 0.05) is 5.57 Å². The Morgan fingerprint density at radius 1 is 1.07 bits per heavy atom. The maximum atomic E-state index is 10.2. The number of aldehydes is 1. The standard InChI is InChI=1S/C8H8O6/c9-4-5(3-7(11)12)1-2-6(10)8(13)14/h1-2,4,10H,3H2,(H,11,12)(H,13,14). The quantitative estimate of drug-likeness (QED) is 0.251. The second-order valence-electron chi connectivity index (χ2n) is 2.29. The van der Waals surface area contributed by atoms with E-state index in [2.05, 4.69) is 0 Å². The summed E-state index contributed by atoms with van der Waals surface area (Å²) in [5, 5.41) is 25.1. The Morgan fingerprint density at radius 3 is 2.00 bits per heavy atom. The van der Waals surface area contributed by atoms with E-state index in [9.17, 15) is 14.4 Å². The van der Waals surface area contributed by atoms with E-state index >= 15 is 0 Å². The van der Waals surface area contributed by atoms with Crippen LogP contribution in [0.3, 0.4) is 0 Å². The molecule has 14 heavy (non-hydrogen) atoms. The second kappa shape index (κ2) is 5.52. The number of carboxylic acids is 2. The monoisotopic (exact) mass is 200 g/mol. The highest BCUT2D eigenvalue weighted by atomic mass is 16.4. The summed E-state index contributed by atoms with van der Waals surface area (Å²) in [6, 6.07) is 0. The molecule has 6 nitrogen and oxygen atoms in total. The molecule has 0 aliphatic heterocycles. The van der Waals surface area contributed by atoms with Gasteiger partial charge in [-0.25, -0.2) is 4.79 Å². The van der Waals surface area contributed by atoms with Crippen LogP contribution in [0.1, 0.15) is 6.42 Å². The van der Waals surface area contributed by atoms with Crippen molar-refractivity contribution < 1.29 is 29.7 Å². The number of aliphatic hydroxyl groups excluding tert-OH is 1. The number of carbonyl (C=O) groups excluding carboxylic acids is 1. The minimum atomic E-state index is -1.55. The highest BCUT2D eigenvalue weighted by molar-refractivity contribution is 5.86. The van der Waals surface area contributed by atoms with Gasteiger partial charge >= 0.3 is 11.9 Å². The Hall–Kier alpha value is -2.11. The lowest BCUT2D eigenvalue weighted by Crippen LogP contribution is -2.00. The predicted molar refractivity (Wildman–Crippen MR) is 44.7 cm³/mol. The maximum absolute atomic E-state index is 10.2. The van der Waals surface area contributed by atoms with Gasteiger partial charge in [0.05, 0.1) is 6.42 Å². The fourth-order valence-corrected chi connectivity index (χ4v) is 0.572. The smallest absolute Gasteiger partial charge is 0.370 e. The van der Waals surface area contributed by atoms with Crippen LogP contribution in [0.15, 0.2) is 23.5 Å². The van der Waals surface area contributed by atoms with Crippen molar-refractivity contribution in [1.29, 1.82) is 0 Å².